The first-order chi connectivity index (χ1) is 14.7. The largest absolute Gasteiger partial charge is 0.387 e. The van der Waals surface area contributed by atoms with E-state index in [0.29, 0.717) is 0 Å². The second-order valence-electron chi connectivity index (χ2n) is 8.22. The van der Waals surface area contributed by atoms with E-state index in [1.165, 1.54) is 12.1 Å². The minimum Gasteiger partial charge on any atom is -0.387 e. The Labute approximate surface area is 181 Å². The van der Waals surface area contributed by atoms with Gasteiger partial charge in [0.05, 0.1) is 18.1 Å². The fourth-order valence-corrected chi connectivity index (χ4v) is 5.72. The van der Waals surface area contributed by atoms with E-state index >= 15 is 4.39 Å². The molecule has 0 aromatic heterocycles. The zero-order valence-corrected chi connectivity index (χ0v) is 18.1. The van der Waals surface area contributed by atoms with Gasteiger partial charge in [-0.15, -0.1) is 0 Å². The van der Waals surface area contributed by atoms with Gasteiger partial charge in [0.15, 0.2) is 21.2 Å². The molecule has 1 saturated heterocycles. The van der Waals surface area contributed by atoms with Gasteiger partial charge in [0.2, 0.25) is 0 Å². The topological polar surface area (TPSA) is 82.1 Å². The molecular formula is C23H25FO6S. The van der Waals surface area contributed by atoms with Crippen LogP contribution in [-0.4, -0.2) is 49.0 Å². The maximum Gasteiger partial charge on any atom is 0.187 e. The summed E-state index contributed by atoms with van der Waals surface area (Å²) in [4.78, 5) is 0.0180. The van der Waals surface area contributed by atoms with Crippen molar-refractivity contribution < 1.29 is 32.1 Å². The molecule has 1 aliphatic carbocycles. The third-order valence-corrected chi connectivity index (χ3v) is 7.66. The normalized spacial score (nSPS) is 30.3. The van der Waals surface area contributed by atoms with Crippen LogP contribution in [0.4, 0.5) is 4.39 Å². The summed E-state index contributed by atoms with van der Waals surface area (Å²) in [6.45, 7) is 2.99. The summed E-state index contributed by atoms with van der Waals surface area (Å²) < 4.78 is 59.3. The molecule has 0 unspecified atom stereocenters. The highest BCUT2D eigenvalue weighted by molar-refractivity contribution is 7.92. The molecule has 0 amide bonds. The van der Waals surface area contributed by atoms with Crippen molar-refractivity contribution in [3.05, 3.63) is 78.1 Å². The maximum absolute atomic E-state index is 15.3. The van der Waals surface area contributed by atoms with Crippen LogP contribution < -0.4 is 0 Å². The van der Waals surface area contributed by atoms with Crippen molar-refractivity contribution in [3.63, 3.8) is 0 Å². The lowest BCUT2D eigenvalue weighted by molar-refractivity contribution is -0.200. The Kier molecular flexibility index (Phi) is 5.78. The highest BCUT2D eigenvalue weighted by atomic mass is 32.2. The van der Waals surface area contributed by atoms with E-state index in [4.69, 9.17) is 14.2 Å². The molecule has 6 nitrogen and oxygen atoms in total. The van der Waals surface area contributed by atoms with Gasteiger partial charge in [-0.05, 0) is 37.6 Å². The highest BCUT2D eigenvalue weighted by Gasteiger charge is 2.61. The minimum absolute atomic E-state index is 0.0180. The molecule has 1 heterocycles. The molecule has 4 rings (SSSR count). The van der Waals surface area contributed by atoms with E-state index in [2.05, 4.69) is 0 Å². The Morgan fingerprint density at radius 1 is 1.10 bits per heavy atom. The average molecular weight is 449 g/mol. The molecule has 2 aromatic carbocycles. The van der Waals surface area contributed by atoms with Crippen LogP contribution >= 0.6 is 0 Å². The number of benzene rings is 2. The Morgan fingerprint density at radius 2 is 1.71 bits per heavy atom. The Balaban J connectivity index is 1.75. The number of halogens is 1. The predicted octanol–water partition coefficient (Wildman–Crippen LogP) is 3.16. The SMILES string of the molecule is CC1(C)OC[C@@]2(O1)C(F)=C[C@H](S(=O)(=O)c1ccccc1)[C@@H](OCc1ccccc1)[C@@H]2O. The van der Waals surface area contributed by atoms with Crippen LogP contribution in [0.3, 0.4) is 0 Å². The van der Waals surface area contributed by atoms with E-state index in [9.17, 15) is 13.5 Å². The zero-order chi connectivity index (χ0) is 22.3. The van der Waals surface area contributed by atoms with Crippen LogP contribution in [0.15, 0.2) is 77.5 Å². The molecule has 2 aliphatic rings. The summed E-state index contributed by atoms with van der Waals surface area (Å²) in [5.74, 6) is -2.02. The van der Waals surface area contributed by atoms with Gasteiger partial charge in [-0.1, -0.05) is 48.5 Å². The molecular weight excluding hydrogens is 423 g/mol. The summed E-state index contributed by atoms with van der Waals surface area (Å²) in [6.07, 6.45) is -1.90. The van der Waals surface area contributed by atoms with Crippen molar-refractivity contribution in [2.75, 3.05) is 6.61 Å². The summed E-state index contributed by atoms with van der Waals surface area (Å²) in [7, 11) is -4.05. The number of aliphatic hydroxyl groups excluding tert-OH is 1. The summed E-state index contributed by atoms with van der Waals surface area (Å²) in [5, 5.41) is 9.77. The number of ether oxygens (including phenoxy) is 3. The third kappa shape index (κ3) is 4.06. The molecule has 0 radical (unpaired) electrons. The molecule has 0 saturated carbocycles. The molecule has 2 aromatic rings. The third-order valence-electron chi connectivity index (χ3n) is 5.61. The van der Waals surface area contributed by atoms with Crippen LogP contribution in [-0.2, 0) is 30.7 Å². The smallest absolute Gasteiger partial charge is 0.187 e. The van der Waals surface area contributed by atoms with Gasteiger partial charge in [0, 0.05) is 0 Å². The lowest BCUT2D eigenvalue weighted by atomic mass is 9.85. The molecule has 0 bridgehead atoms. The van der Waals surface area contributed by atoms with E-state index in [0.717, 1.165) is 11.6 Å². The fraction of sp³-hybridized carbons (Fsp3) is 0.391. The molecule has 1 aliphatic heterocycles. The summed E-state index contributed by atoms with van der Waals surface area (Å²) in [5.41, 5.74) is -1.04. The number of sulfone groups is 1. The number of aliphatic hydroxyl groups is 1. The summed E-state index contributed by atoms with van der Waals surface area (Å²) in [6, 6.07) is 16.9. The first-order valence-corrected chi connectivity index (χ1v) is 11.5. The van der Waals surface area contributed by atoms with Gasteiger partial charge in [-0.2, -0.15) is 0 Å². The van der Waals surface area contributed by atoms with Gasteiger partial charge in [0.1, 0.15) is 23.3 Å². The second-order valence-corrected chi connectivity index (χ2v) is 10.3. The number of hydrogen-bond donors (Lipinski definition) is 1. The molecule has 1 N–H and O–H groups in total. The van der Waals surface area contributed by atoms with E-state index < -0.39 is 44.5 Å². The van der Waals surface area contributed by atoms with Crippen molar-refractivity contribution in [1.29, 1.82) is 0 Å². The first kappa shape index (κ1) is 22.1. The Bertz CT molecular complexity index is 1050. The minimum atomic E-state index is -4.05. The molecule has 8 heteroatoms. The monoisotopic (exact) mass is 448 g/mol. The van der Waals surface area contributed by atoms with Gasteiger partial charge in [-0.25, -0.2) is 12.8 Å². The van der Waals surface area contributed by atoms with Crippen LogP contribution in [0.25, 0.3) is 0 Å². The van der Waals surface area contributed by atoms with Crippen molar-refractivity contribution in [2.24, 2.45) is 0 Å². The fourth-order valence-electron chi connectivity index (χ4n) is 3.99. The van der Waals surface area contributed by atoms with Crippen molar-refractivity contribution in [2.45, 2.75) is 54.2 Å². The molecule has 1 fully saturated rings. The van der Waals surface area contributed by atoms with Crippen molar-refractivity contribution >= 4 is 9.84 Å². The average Bonchev–Trinajstić information content (AvgIpc) is 3.09. The summed E-state index contributed by atoms with van der Waals surface area (Å²) >= 11 is 0. The van der Waals surface area contributed by atoms with Gasteiger partial charge in [-0.3, -0.25) is 0 Å². The van der Waals surface area contributed by atoms with Crippen molar-refractivity contribution in [1.82, 2.24) is 0 Å². The van der Waals surface area contributed by atoms with Gasteiger partial charge >= 0.3 is 0 Å². The molecule has 31 heavy (non-hydrogen) atoms. The van der Waals surface area contributed by atoms with Crippen LogP contribution in [0, 0.1) is 0 Å². The maximum atomic E-state index is 15.3. The lowest BCUT2D eigenvalue weighted by Crippen LogP contribution is -2.60. The van der Waals surface area contributed by atoms with E-state index in [-0.39, 0.29) is 18.1 Å². The quantitative estimate of drug-likeness (QED) is 0.757. The van der Waals surface area contributed by atoms with Gasteiger partial charge < -0.3 is 19.3 Å². The predicted molar refractivity (Wildman–Crippen MR) is 111 cm³/mol. The van der Waals surface area contributed by atoms with Crippen molar-refractivity contribution in [3.8, 4) is 0 Å². The Morgan fingerprint density at radius 3 is 2.29 bits per heavy atom. The second kappa shape index (κ2) is 8.11. The molecule has 4 atom stereocenters. The molecule has 1 spiro atoms. The van der Waals surface area contributed by atoms with Crippen LogP contribution in [0.1, 0.15) is 19.4 Å². The lowest BCUT2D eigenvalue weighted by Gasteiger charge is -2.42. The van der Waals surface area contributed by atoms with E-state index in [1.54, 1.807) is 32.0 Å². The highest BCUT2D eigenvalue weighted by Crippen LogP contribution is 2.45. The number of hydrogen-bond acceptors (Lipinski definition) is 6. The zero-order valence-electron chi connectivity index (χ0n) is 17.3. The van der Waals surface area contributed by atoms with Crippen LogP contribution in [0.5, 0.6) is 0 Å². The van der Waals surface area contributed by atoms with E-state index in [1.807, 2.05) is 30.3 Å². The number of rotatable bonds is 5. The molecule has 166 valence electrons. The van der Waals surface area contributed by atoms with Gasteiger partial charge in [0.25, 0.3) is 0 Å². The standard InChI is InChI=1S/C23H25FO6S/c1-22(2)29-15-23(30-22)19(24)13-18(31(26,27)17-11-7-4-8-12-17)20(21(23)25)28-14-16-9-5-3-6-10-16/h3-13,18,20-21,25H,14-15H2,1-2H3/t18-,20+,21-,23+/m0/s1. The Hall–Kier alpha value is -2.10. The van der Waals surface area contributed by atoms with Crippen LogP contribution in [0.2, 0.25) is 0 Å². The first-order valence-electron chi connectivity index (χ1n) is 10.0.